The molecule has 0 atom stereocenters. The molecule has 9 heteroatoms. The zero-order valence-corrected chi connectivity index (χ0v) is 21.1. The van der Waals surface area contributed by atoms with Gasteiger partial charge in [-0.3, -0.25) is 4.79 Å². The fourth-order valence-corrected chi connectivity index (χ4v) is 4.54. The van der Waals surface area contributed by atoms with E-state index in [1.807, 2.05) is 12.1 Å². The number of halogens is 4. The van der Waals surface area contributed by atoms with Crippen molar-refractivity contribution in [1.82, 2.24) is 5.43 Å². The number of benzene rings is 3. The van der Waals surface area contributed by atoms with Gasteiger partial charge in [-0.2, -0.15) is 5.10 Å². The lowest BCUT2D eigenvalue weighted by atomic mass is 10.2. The molecule has 1 N–H and O–H groups in total. The SMILES string of the molecule is O=C(N/N=C\c1cc(Cl)c(OCc2ccc(Cl)c(Cl)c2)c(Cl)c1)c1ccc(N2CCCC2)cc1. The van der Waals surface area contributed by atoms with Crippen molar-refractivity contribution in [2.24, 2.45) is 5.10 Å². The van der Waals surface area contributed by atoms with Gasteiger partial charge in [-0.15, -0.1) is 0 Å². The van der Waals surface area contributed by atoms with Gasteiger partial charge in [0.2, 0.25) is 0 Å². The Balaban J connectivity index is 1.35. The number of hydrogen-bond donors (Lipinski definition) is 1. The number of amides is 1. The Morgan fingerprint density at radius 2 is 1.59 bits per heavy atom. The van der Waals surface area contributed by atoms with E-state index in [1.54, 1.807) is 42.5 Å². The number of carbonyl (C=O) groups excluding carboxylic acids is 1. The summed E-state index contributed by atoms with van der Waals surface area (Å²) in [5.74, 6) is 0.0386. The third kappa shape index (κ3) is 6.16. The van der Waals surface area contributed by atoms with Crippen LogP contribution in [-0.2, 0) is 6.61 Å². The summed E-state index contributed by atoms with van der Waals surface area (Å²) < 4.78 is 5.77. The maximum absolute atomic E-state index is 12.4. The van der Waals surface area contributed by atoms with Crippen LogP contribution in [0.5, 0.6) is 5.75 Å². The Labute approximate surface area is 218 Å². The molecule has 1 aliphatic rings. The summed E-state index contributed by atoms with van der Waals surface area (Å²) in [6, 6.07) is 16.0. The molecule has 0 aliphatic carbocycles. The Kier molecular flexibility index (Phi) is 8.22. The molecule has 34 heavy (non-hydrogen) atoms. The van der Waals surface area contributed by atoms with Gasteiger partial charge in [-0.05, 0) is 72.5 Å². The summed E-state index contributed by atoms with van der Waals surface area (Å²) in [5.41, 5.74) is 5.62. The number of ether oxygens (including phenoxy) is 1. The molecule has 0 aromatic heterocycles. The first-order chi connectivity index (χ1) is 16.4. The standard InChI is InChI=1S/C25H21Cl4N3O2/c26-20-8-3-16(11-21(20)27)15-34-24-22(28)12-17(13-23(24)29)14-30-31-25(33)18-4-6-19(7-5-18)32-9-1-2-10-32/h3-8,11-14H,1-2,9-10,15H2,(H,31,33)/b30-14-. The van der Waals surface area contributed by atoms with Gasteiger partial charge in [-0.25, -0.2) is 5.43 Å². The van der Waals surface area contributed by atoms with Crippen LogP contribution in [0.15, 0.2) is 59.7 Å². The van der Waals surface area contributed by atoms with Crippen LogP contribution in [0.1, 0.15) is 34.3 Å². The number of hydrogen-bond acceptors (Lipinski definition) is 4. The number of rotatable bonds is 7. The van der Waals surface area contributed by atoms with E-state index in [0.717, 1.165) is 24.3 Å². The van der Waals surface area contributed by atoms with Gasteiger partial charge in [0.15, 0.2) is 5.75 Å². The normalized spacial score (nSPS) is 13.5. The maximum atomic E-state index is 12.4. The molecule has 1 aliphatic heterocycles. The molecular weight excluding hydrogens is 516 g/mol. The van der Waals surface area contributed by atoms with E-state index in [0.29, 0.717) is 37.0 Å². The average Bonchev–Trinajstić information content (AvgIpc) is 3.36. The lowest BCUT2D eigenvalue weighted by Gasteiger charge is -2.17. The molecular formula is C25H21Cl4N3O2. The lowest BCUT2D eigenvalue weighted by molar-refractivity contribution is 0.0955. The first-order valence-electron chi connectivity index (χ1n) is 10.6. The third-order valence-corrected chi connectivity index (χ3v) is 6.67. The van der Waals surface area contributed by atoms with Crippen LogP contribution in [0.2, 0.25) is 20.1 Å². The van der Waals surface area contributed by atoms with Gasteiger partial charge < -0.3 is 9.64 Å². The Bertz CT molecular complexity index is 1190. The van der Waals surface area contributed by atoms with Gasteiger partial charge >= 0.3 is 0 Å². The molecule has 1 amide bonds. The highest BCUT2D eigenvalue weighted by Crippen LogP contribution is 2.35. The zero-order chi connectivity index (χ0) is 24.1. The molecule has 4 rings (SSSR count). The summed E-state index contributed by atoms with van der Waals surface area (Å²) in [7, 11) is 0. The topological polar surface area (TPSA) is 53.9 Å². The second-order valence-corrected chi connectivity index (χ2v) is 9.42. The average molecular weight is 537 g/mol. The fourth-order valence-electron chi connectivity index (χ4n) is 3.61. The van der Waals surface area contributed by atoms with Gasteiger partial charge in [-0.1, -0.05) is 52.5 Å². The molecule has 0 spiro atoms. The highest BCUT2D eigenvalue weighted by molar-refractivity contribution is 6.42. The second kappa shape index (κ2) is 11.3. The van der Waals surface area contributed by atoms with Gasteiger partial charge in [0.05, 0.1) is 26.3 Å². The van der Waals surface area contributed by atoms with Crippen LogP contribution in [0.3, 0.4) is 0 Å². The van der Waals surface area contributed by atoms with Gasteiger partial charge in [0.1, 0.15) is 6.61 Å². The van der Waals surface area contributed by atoms with Crippen LogP contribution < -0.4 is 15.1 Å². The van der Waals surface area contributed by atoms with Crippen LogP contribution in [0.4, 0.5) is 5.69 Å². The number of nitrogens with one attached hydrogen (secondary N) is 1. The number of carbonyl (C=O) groups is 1. The smallest absolute Gasteiger partial charge is 0.271 e. The molecule has 1 saturated heterocycles. The molecule has 1 fully saturated rings. The maximum Gasteiger partial charge on any atom is 0.271 e. The van der Waals surface area contributed by atoms with Crippen molar-refractivity contribution in [1.29, 1.82) is 0 Å². The van der Waals surface area contributed by atoms with Gasteiger partial charge in [0.25, 0.3) is 5.91 Å². The first-order valence-corrected chi connectivity index (χ1v) is 12.2. The predicted molar refractivity (Wildman–Crippen MR) is 140 cm³/mol. The molecule has 3 aromatic rings. The first kappa shape index (κ1) is 24.7. The summed E-state index contributed by atoms with van der Waals surface area (Å²) in [6.07, 6.45) is 3.88. The molecule has 176 valence electrons. The zero-order valence-electron chi connectivity index (χ0n) is 18.0. The Morgan fingerprint density at radius 1 is 0.912 bits per heavy atom. The van der Waals surface area contributed by atoms with E-state index in [1.165, 1.54) is 19.1 Å². The predicted octanol–water partition coefficient (Wildman–Crippen LogP) is 7.24. The number of hydrazone groups is 1. The van der Waals surface area contributed by atoms with Crippen molar-refractivity contribution in [2.45, 2.75) is 19.4 Å². The van der Waals surface area contributed by atoms with Crippen LogP contribution in [0.25, 0.3) is 0 Å². The van der Waals surface area contributed by atoms with Crippen molar-refractivity contribution in [2.75, 3.05) is 18.0 Å². The Morgan fingerprint density at radius 3 is 2.24 bits per heavy atom. The molecule has 0 radical (unpaired) electrons. The highest BCUT2D eigenvalue weighted by atomic mass is 35.5. The summed E-state index contributed by atoms with van der Waals surface area (Å²) in [6.45, 7) is 2.33. The largest absolute Gasteiger partial charge is 0.486 e. The highest BCUT2D eigenvalue weighted by Gasteiger charge is 2.13. The minimum absolute atomic E-state index is 0.219. The molecule has 5 nitrogen and oxygen atoms in total. The number of anilines is 1. The van der Waals surface area contributed by atoms with E-state index in [-0.39, 0.29) is 12.5 Å². The number of nitrogens with zero attached hydrogens (tertiary/aromatic N) is 2. The van der Waals surface area contributed by atoms with Crippen molar-refractivity contribution < 1.29 is 9.53 Å². The van der Waals surface area contributed by atoms with E-state index < -0.39 is 0 Å². The lowest BCUT2D eigenvalue weighted by Crippen LogP contribution is -2.19. The second-order valence-electron chi connectivity index (χ2n) is 7.79. The summed E-state index contributed by atoms with van der Waals surface area (Å²) >= 11 is 24.7. The quantitative estimate of drug-likeness (QED) is 0.255. The monoisotopic (exact) mass is 535 g/mol. The molecule has 3 aromatic carbocycles. The van der Waals surface area contributed by atoms with Crippen molar-refractivity contribution in [3.05, 3.63) is 91.4 Å². The van der Waals surface area contributed by atoms with Crippen LogP contribution >= 0.6 is 46.4 Å². The molecule has 0 unspecified atom stereocenters. The minimum atomic E-state index is -0.303. The Hall–Kier alpha value is -2.44. The van der Waals surface area contributed by atoms with Crippen molar-refractivity contribution in [3.8, 4) is 5.75 Å². The molecule has 0 saturated carbocycles. The molecule has 0 bridgehead atoms. The van der Waals surface area contributed by atoms with Gasteiger partial charge in [0, 0.05) is 24.3 Å². The van der Waals surface area contributed by atoms with Crippen LogP contribution in [-0.4, -0.2) is 25.2 Å². The fraction of sp³-hybridized carbons (Fsp3) is 0.200. The van der Waals surface area contributed by atoms with Crippen LogP contribution in [0, 0.1) is 0 Å². The van der Waals surface area contributed by atoms with Crippen molar-refractivity contribution >= 4 is 64.2 Å². The van der Waals surface area contributed by atoms with E-state index in [4.69, 9.17) is 51.1 Å². The van der Waals surface area contributed by atoms with E-state index in [9.17, 15) is 4.79 Å². The van der Waals surface area contributed by atoms with Crippen molar-refractivity contribution in [3.63, 3.8) is 0 Å². The summed E-state index contributed by atoms with van der Waals surface area (Å²) in [4.78, 5) is 14.7. The molecule has 1 heterocycles. The van der Waals surface area contributed by atoms with E-state index in [2.05, 4.69) is 15.4 Å². The third-order valence-electron chi connectivity index (χ3n) is 5.37. The van der Waals surface area contributed by atoms with E-state index >= 15 is 0 Å². The minimum Gasteiger partial charge on any atom is -0.486 e. The summed E-state index contributed by atoms with van der Waals surface area (Å²) in [5, 5.41) is 5.57.